The lowest BCUT2D eigenvalue weighted by molar-refractivity contribution is -0.123. The zero-order valence-electron chi connectivity index (χ0n) is 11.2. The predicted molar refractivity (Wildman–Crippen MR) is 69.9 cm³/mol. The SMILES string of the molecule is CCOCC(NC(=O)Cn1cc(N)cn1)C(C)C. The molecular formula is C12H22N4O2. The molecule has 1 heterocycles. The van der Waals surface area contributed by atoms with E-state index in [1.54, 1.807) is 6.20 Å². The fourth-order valence-electron chi connectivity index (χ4n) is 1.51. The molecule has 0 saturated carbocycles. The van der Waals surface area contributed by atoms with Crippen LogP contribution in [0, 0.1) is 5.92 Å². The monoisotopic (exact) mass is 254 g/mol. The summed E-state index contributed by atoms with van der Waals surface area (Å²) in [5.41, 5.74) is 6.09. The summed E-state index contributed by atoms with van der Waals surface area (Å²) < 4.78 is 6.87. The maximum absolute atomic E-state index is 11.8. The lowest BCUT2D eigenvalue weighted by Gasteiger charge is -2.22. The van der Waals surface area contributed by atoms with Gasteiger partial charge in [-0.1, -0.05) is 13.8 Å². The first-order valence-corrected chi connectivity index (χ1v) is 6.18. The Morgan fingerprint density at radius 1 is 1.61 bits per heavy atom. The highest BCUT2D eigenvalue weighted by Crippen LogP contribution is 2.03. The van der Waals surface area contributed by atoms with Crippen LogP contribution in [-0.2, 0) is 16.1 Å². The zero-order valence-corrected chi connectivity index (χ0v) is 11.2. The highest BCUT2D eigenvalue weighted by Gasteiger charge is 2.16. The van der Waals surface area contributed by atoms with E-state index in [-0.39, 0.29) is 18.5 Å². The summed E-state index contributed by atoms with van der Waals surface area (Å²) in [5.74, 6) is 0.236. The van der Waals surface area contributed by atoms with Gasteiger partial charge in [0.05, 0.1) is 24.5 Å². The van der Waals surface area contributed by atoms with Crippen molar-refractivity contribution in [2.45, 2.75) is 33.4 Å². The van der Waals surface area contributed by atoms with Gasteiger partial charge in [-0.15, -0.1) is 0 Å². The third-order valence-electron chi connectivity index (χ3n) is 2.61. The molecule has 0 aliphatic carbocycles. The number of hydrogen-bond donors (Lipinski definition) is 2. The Morgan fingerprint density at radius 2 is 2.33 bits per heavy atom. The van der Waals surface area contributed by atoms with Crippen molar-refractivity contribution in [1.29, 1.82) is 0 Å². The second-order valence-electron chi connectivity index (χ2n) is 4.55. The topological polar surface area (TPSA) is 82.2 Å². The van der Waals surface area contributed by atoms with Gasteiger partial charge in [-0.2, -0.15) is 5.10 Å². The van der Waals surface area contributed by atoms with Crippen LogP contribution in [0.15, 0.2) is 12.4 Å². The Morgan fingerprint density at radius 3 is 2.83 bits per heavy atom. The summed E-state index contributed by atoms with van der Waals surface area (Å²) in [6.07, 6.45) is 3.15. The number of anilines is 1. The molecule has 0 saturated heterocycles. The summed E-state index contributed by atoms with van der Waals surface area (Å²) in [6, 6.07) is 0.0189. The molecule has 3 N–H and O–H groups in total. The molecule has 0 aromatic carbocycles. The van der Waals surface area contributed by atoms with Gasteiger partial charge in [-0.05, 0) is 12.8 Å². The number of carbonyl (C=O) groups excluding carboxylic acids is 1. The van der Waals surface area contributed by atoms with Crippen molar-refractivity contribution < 1.29 is 9.53 Å². The van der Waals surface area contributed by atoms with E-state index in [4.69, 9.17) is 10.5 Å². The smallest absolute Gasteiger partial charge is 0.242 e. The number of nitrogens with two attached hydrogens (primary N) is 1. The van der Waals surface area contributed by atoms with Crippen molar-refractivity contribution in [1.82, 2.24) is 15.1 Å². The number of rotatable bonds is 7. The molecule has 0 bridgehead atoms. The van der Waals surface area contributed by atoms with Gasteiger partial charge in [0.1, 0.15) is 6.54 Å². The van der Waals surface area contributed by atoms with E-state index in [2.05, 4.69) is 24.3 Å². The van der Waals surface area contributed by atoms with Gasteiger partial charge in [-0.3, -0.25) is 9.48 Å². The van der Waals surface area contributed by atoms with Crippen LogP contribution in [0.3, 0.4) is 0 Å². The fourth-order valence-corrected chi connectivity index (χ4v) is 1.51. The third-order valence-corrected chi connectivity index (χ3v) is 2.61. The third kappa shape index (κ3) is 4.75. The summed E-state index contributed by atoms with van der Waals surface area (Å²) in [5, 5.41) is 6.91. The Bertz CT molecular complexity index is 376. The number of ether oxygens (including phenoxy) is 1. The number of carbonyl (C=O) groups is 1. The maximum Gasteiger partial charge on any atom is 0.242 e. The van der Waals surface area contributed by atoms with Crippen LogP contribution in [0.5, 0.6) is 0 Å². The Labute approximate surface area is 107 Å². The van der Waals surface area contributed by atoms with Gasteiger partial charge < -0.3 is 15.8 Å². The van der Waals surface area contributed by atoms with E-state index in [0.29, 0.717) is 24.8 Å². The zero-order chi connectivity index (χ0) is 13.5. The van der Waals surface area contributed by atoms with E-state index in [0.717, 1.165) is 0 Å². The van der Waals surface area contributed by atoms with Crippen LogP contribution in [0.2, 0.25) is 0 Å². The van der Waals surface area contributed by atoms with Crippen molar-refractivity contribution in [3.8, 4) is 0 Å². The number of nitrogens with zero attached hydrogens (tertiary/aromatic N) is 2. The lowest BCUT2D eigenvalue weighted by atomic mass is 10.1. The summed E-state index contributed by atoms with van der Waals surface area (Å²) in [7, 11) is 0. The second-order valence-corrected chi connectivity index (χ2v) is 4.55. The molecule has 1 unspecified atom stereocenters. The summed E-state index contributed by atoms with van der Waals surface area (Å²) in [4.78, 5) is 11.8. The van der Waals surface area contributed by atoms with Crippen LogP contribution in [0.25, 0.3) is 0 Å². The fraction of sp³-hybridized carbons (Fsp3) is 0.667. The highest BCUT2D eigenvalue weighted by molar-refractivity contribution is 5.76. The van der Waals surface area contributed by atoms with E-state index >= 15 is 0 Å². The number of nitrogen functional groups attached to an aromatic ring is 1. The molecule has 6 heteroatoms. The maximum atomic E-state index is 11.8. The molecule has 0 fully saturated rings. The van der Waals surface area contributed by atoms with E-state index in [1.165, 1.54) is 10.9 Å². The first kappa shape index (κ1) is 14.5. The standard InChI is InChI=1S/C12H22N4O2/c1-4-18-8-11(9(2)3)15-12(17)7-16-6-10(13)5-14-16/h5-6,9,11H,4,7-8,13H2,1-3H3,(H,15,17). The van der Waals surface area contributed by atoms with E-state index < -0.39 is 0 Å². The van der Waals surface area contributed by atoms with Crippen LogP contribution >= 0.6 is 0 Å². The van der Waals surface area contributed by atoms with Gasteiger partial charge >= 0.3 is 0 Å². The summed E-state index contributed by atoms with van der Waals surface area (Å²) in [6.45, 7) is 7.39. The molecule has 1 aromatic rings. The van der Waals surface area contributed by atoms with Gasteiger partial charge in [0.15, 0.2) is 0 Å². The lowest BCUT2D eigenvalue weighted by Crippen LogP contribution is -2.43. The van der Waals surface area contributed by atoms with Gasteiger partial charge in [0.25, 0.3) is 0 Å². The van der Waals surface area contributed by atoms with Crippen molar-refractivity contribution in [2.24, 2.45) is 5.92 Å². The minimum atomic E-state index is -0.0866. The predicted octanol–water partition coefficient (Wildman–Crippen LogP) is 0.643. The molecule has 1 atom stereocenters. The minimum Gasteiger partial charge on any atom is -0.396 e. The molecule has 18 heavy (non-hydrogen) atoms. The Kier molecular flexibility index (Phi) is 5.64. The number of nitrogens with one attached hydrogen (secondary N) is 1. The van der Waals surface area contributed by atoms with Crippen molar-refractivity contribution in [2.75, 3.05) is 18.9 Å². The number of aromatic nitrogens is 2. The molecule has 0 aliphatic heterocycles. The molecular weight excluding hydrogens is 232 g/mol. The highest BCUT2D eigenvalue weighted by atomic mass is 16.5. The number of hydrogen-bond acceptors (Lipinski definition) is 4. The van der Waals surface area contributed by atoms with Crippen LogP contribution in [0.4, 0.5) is 5.69 Å². The molecule has 0 spiro atoms. The molecule has 1 aromatic heterocycles. The Hall–Kier alpha value is -1.56. The van der Waals surface area contributed by atoms with Gasteiger partial charge in [0.2, 0.25) is 5.91 Å². The van der Waals surface area contributed by atoms with Crippen molar-refractivity contribution >= 4 is 11.6 Å². The molecule has 0 aliphatic rings. The van der Waals surface area contributed by atoms with Crippen LogP contribution < -0.4 is 11.1 Å². The molecule has 1 rings (SSSR count). The summed E-state index contributed by atoms with van der Waals surface area (Å²) >= 11 is 0. The molecule has 0 radical (unpaired) electrons. The van der Waals surface area contributed by atoms with Crippen LogP contribution in [0.1, 0.15) is 20.8 Å². The second kappa shape index (κ2) is 7.00. The largest absolute Gasteiger partial charge is 0.396 e. The van der Waals surface area contributed by atoms with Gasteiger partial charge in [-0.25, -0.2) is 0 Å². The van der Waals surface area contributed by atoms with E-state index in [9.17, 15) is 4.79 Å². The minimum absolute atomic E-state index is 0.0189. The number of amides is 1. The quantitative estimate of drug-likeness (QED) is 0.748. The molecule has 6 nitrogen and oxygen atoms in total. The van der Waals surface area contributed by atoms with Crippen molar-refractivity contribution in [3.05, 3.63) is 12.4 Å². The normalized spacial score (nSPS) is 12.7. The average Bonchev–Trinajstić information content (AvgIpc) is 2.69. The van der Waals surface area contributed by atoms with Crippen LogP contribution in [-0.4, -0.2) is 34.9 Å². The first-order chi connectivity index (χ1) is 8.52. The molecule has 1 amide bonds. The van der Waals surface area contributed by atoms with Crippen molar-refractivity contribution in [3.63, 3.8) is 0 Å². The molecule has 102 valence electrons. The van der Waals surface area contributed by atoms with Gasteiger partial charge in [0, 0.05) is 12.8 Å². The average molecular weight is 254 g/mol. The Balaban J connectivity index is 2.45. The first-order valence-electron chi connectivity index (χ1n) is 6.18. The van der Waals surface area contributed by atoms with E-state index in [1.807, 2.05) is 6.92 Å².